The van der Waals surface area contributed by atoms with Crippen LogP contribution < -0.4 is 5.32 Å². The predicted octanol–water partition coefficient (Wildman–Crippen LogP) is 1.72. The first-order chi connectivity index (χ1) is 9.65. The van der Waals surface area contributed by atoms with Gasteiger partial charge >= 0.3 is 5.97 Å². The van der Waals surface area contributed by atoms with E-state index in [0.29, 0.717) is 21.6 Å². The Morgan fingerprint density at radius 2 is 2.20 bits per heavy atom. The molecule has 9 heteroatoms. The highest BCUT2D eigenvalue weighted by Crippen LogP contribution is 2.26. The summed E-state index contributed by atoms with van der Waals surface area (Å²) in [6.07, 6.45) is 3.11. The van der Waals surface area contributed by atoms with Gasteiger partial charge in [-0.15, -0.1) is 5.10 Å². The molecule has 3 aromatic rings. The van der Waals surface area contributed by atoms with Gasteiger partial charge in [0.2, 0.25) is 0 Å². The molecule has 2 heterocycles. The van der Waals surface area contributed by atoms with Gasteiger partial charge in [-0.05, 0) is 44.6 Å². The zero-order valence-corrected chi connectivity index (χ0v) is 11.4. The molecular formula is C11H7BrN6O2. The van der Waals surface area contributed by atoms with Crippen molar-refractivity contribution < 1.29 is 9.90 Å². The summed E-state index contributed by atoms with van der Waals surface area (Å²) < 4.78 is 2.10. The summed E-state index contributed by atoms with van der Waals surface area (Å²) >= 11 is 3.32. The maximum absolute atomic E-state index is 10.9. The Morgan fingerprint density at radius 3 is 2.95 bits per heavy atom. The van der Waals surface area contributed by atoms with Gasteiger partial charge in [-0.1, -0.05) is 0 Å². The Labute approximate surface area is 120 Å². The van der Waals surface area contributed by atoms with E-state index in [1.165, 1.54) is 22.8 Å². The fraction of sp³-hybridized carbons (Fsp3) is 0. The number of rotatable bonds is 3. The zero-order valence-electron chi connectivity index (χ0n) is 9.86. The van der Waals surface area contributed by atoms with Crippen molar-refractivity contribution in [1.29, 1.82) is 0 Å². The second kappa shape index (κ2) is 4.85. The number of nitrogens with zero attached hydrogens (tertiary/aromatic N) is 5. The van der Waals surface area contributed by atoms with Crippen molar-refractivity contribution in [2.75, 3.05) is 5.32 Å². The maximum atomic E-state index is 10.9. The van der Waals surface area contributed by atoms with Gasteiger partial charge in [0.1, 0.15) is 0 Å². The largest absolute Gasteiger partial charge is 0.478 e. The van der Waals surface area contributed by atoms with Crippen LogP contribution in [0.25, 0.3) is 5.65 Å². The summed E-state index contributed by atoms with van der Waals surface area (Å²) in [4.78, 5) is 14.9. The fourth-order valence-electron chi connectivity index (χ4n) is 1.65. The Morgan fingerprint density at radius 1 is 1.35 bits per heavy atom. The van der Waals surface area contributed by atoms with Crippen molar-refractivity contribution in [3.63, 3.8) is 0 Å². The predicted molar refractivity (Wildman–Crippen MR) is 73.0 cm³/mol. The van der Waals surface area contributed by atoms with E-state index in [1.807, 2.05) is 0 Å². The van der Waals surface area contributed by atoms with E-state index < -0.39 is 5.97 Å². The lowest BCUT2D eigenvalue weighted by Crippen LogP contribution is -2.02. The first-order valence-corrected chi connectivity index (χ1v) is 6.26. The number of benzene rings is 1. The number of carbonyl (C=O) groups is 1. The number of halogens is 1. The van der Waals surface area contributed by atoms with Crippen LogP contribution >= 0.6 is 15.9 Å². The Kier molecular flexibility index (Phi) is 3.03. The number of anilines is 2. The van der Waals surface area contributed by atoms with Crippen LogP contribution in [0.5, 0.6) is 0 Å². The maximum Gasteiger partial charge on any atom is 0.335 e. The molecule has 0 aliphatic carbocycles. The standard InChI is InChI=1S/C11H7BrN6O2/c12-7-3-6(11(19)20)1-2-8(7)14-9-4-13-5-10-15-16-17-18(9)10/h1-5,14H,(H,19,20). The van der Waals surface area contributed by atoms with E-state index in [-0.39, 0.29) is 5.56 Å². The summed E-state index contributed by atoms with van der Waals surface area (Å²) in [5.74, 6) is -0.419. The average molecular weight is 335 g/mol. The molecule has 0 radical (unpaired) electrons. The summed E-state index contributed by atoms with van der Waals surface area (Å²) in [7, 11) is 0. The van der Waals surface area contributed by atoms with Crippen LogP contribution in [0.1, 0.15) is 10.4 Å². The second-order valence-electron chi connectivity index (χ2n) is 3.87. The van der Waals surface area contributed by atoms with E-state index in [9.17, 15) is 4.79 Å². The fourth-order valence-corrected chi connectivity index (χ4v) is 2.13. The number of hydrogen-bond acceptors (Lipinski definition) is 6. The smallest absolute Gasteiger partial charge is 0.335 e. The van der Waals surface area contributed by atoms with Gasteiger partial charge < -0.3 is 10.4 Å². The van der Waals surface area contributed by atoms with Crippen LogP contribution in [0.2, 0.25) is 0 Å². The normalized spacial score (nSPS) is 10.7. The number of fused-ring (bicyclic) bond motifs is 1. The summed E-state index contributed by atoms with van der Waals surface area (Å²) in [6.45, 7) is 0. The molecule has 20 heavy (non-hydrogen) atoms. The zero-order chi connectivity index (χ0) is 14.1. The summed E-state index contributed by atoms with van der Waals surface area (Å²) in [6, 6.07) is 4.66. The second-order valence-corrected chi connectivity index (χ2v) is 4.72. The number of tetrazole rings is 1. The first-order valence-electron chi connectivity index (χ1n) is 5.47. The molecule has 100 valence electrons. The van der Waals surface area contributed by atoms with Crippen LogP contribution in [0.3, 0.4) is 0 Å². The quantitative estimate of drug-likeness (QED) is 0.751. The van der Waals surface area contributed by atoms with Crippen LogP contribution in [-0.4, -0.2) is 36.1 Å². The number of nitrogens with one attached hydrogen (secondary N) is 1. The van der Waals surface area contributed by atoms with Gasteiger partial charge in [-0.2, -0.15) is 4.52 Å². The van der Waals surface area contributed by atoms with Gasteiger partial charge in [-0.3, -0.25) is 4.98 Å². The number of carboxylic acid groups (broad SMARTS) is 1. The highest BCUT2D eigenvalue weighted by molar-refractivity contribution is 9.10. The number of aromatic nitrogens is 5. The summed E-state index contributed by atoms with van der Waals surface area (Å²) in [5, 5.41) is 23.2. The Bertz CT molecular complexity index is 802. The van der Waals surface area contributed by atoms with E-state index in [4.69, 9.17) is 5.11 Å². The molecule has 0 spiro atoms. The van der Waals surface area contributed by atoms with Crippen LogP contribution in [-0.2, 0) is 0 Å². The molecular weight excluding hydrogens is 328 g/mol. The van der Waals surface area contributed by atoms with E-state index in [0.717, 1.165) is 0 Å². The topological polar surface area (TPSA) is 105 Å². The van der Waals surface area contributed by atoms with Crippen molar-refractivity contribution >= 4 is 39.1 Å². The van der Waals surface area contributed by atoms with Gasteiger partial charge in [0.25, 0.3) is 0 Å². The lowest BCUT2D eigenvalue weighted by Gasteiger charge is -2.09. The van der Waals surface area contributed by atoms with E-state index in [2.05, 4.69) is 41.8 Å². The monoisotopic (exact) mass is 334 g/mol. The van der Waals surface area contributed by atoms with E-state index in [1.54, 1.807) is 12.3 Å². The third kappa shape index (κ3) is 2.18. The lowest BCUT2D eigenvalue weighted by atomic mass is 10.2. The molecule has 3 rings (SSSR count). The molecule has 0 aliphatic heterocycles. The summed E-state index contributed by atoms with van der Waals surface area (Å²) in [5.41, 5.74) is 1.38. The third-order valence-electron chi connectivity index (χ3n) is 2.59. The van der Waals surface area contributed by atoms with Crippen LogP contribution in [0, 0.1) is 0 Å². The van der Waals surface area contributed by atoms with Crippen molar-refractivity contribution in [3.8, 4) is 0 Å². The molecule has 8 nitrogen and oxygen atoms in total. The minimum Gasteiger partial charge on any atom is -0.478 e. The first kappa shape index (κ1) is 12.5. The van der Waals surface area contributed by atoms with E-state index >= 15 is 0 Å². The van der Waals surface area contributed by atoms with Gasteiger partial charge in [-0.25, -0.2) is 4.79 Å². The number of carboxylic acids is 1. The highest BCUT2D eigenvalue weighted by atomic mass is 79.9. The Hall–Kier alpha value is -2.55. The number of aromatic carboxylic acids is 1. The molecule has 0 unspecified atom stereocenters. The van der Waals surface area contributed by atoms with Crippen molar-refractivity contribution in [2.24, 2.45) is 0 Å². The van der Waals surface area contributed by atoms with Gasteiger partial charge in [0.15, 0.2) is 11.5 Å². The molecule has 0 saturated heterocycles. The SMILES string of the molecule is O=C(O)c1ccc(Nc2cncc3nnnn23)c(Br)c1. The van der Waals surface area contributed by atoms with Crippen molar-refractivity contribution in [1.82, 2.24) is 25.0 Å². The molecule has 0 atom stereocenters. The molecule has 2 aromatic heterocycles. The minimum atomic E-state index is -0.985. The molecule has 2 N–H and O–H groups in total. The van der Waals surface area contributed by atoms with Gasteiger partial charge in [0, 0.05) is 4.47 Å². The lowest BCUT2D eigenvalue weighted by molar-refractivity contribution is 0.0697. The molecule has 0 saturated carbocycles. The average Bonchev–Trinajstić information content (AvgIpc) is 2.90. The molecule has 0 bridgehead atoms. The van der Waals surface area contributed by atoms with Crippen LogP contribution in [0.4, 0.5) is 11.5 Å². The minimum absolute atomic E-state index is 0.196. The third-order valence-corrected chi connectivity index (χ3v) is 3.24. The molecule has 1 aromatic carbocycles. The number of hydrogen-bond donors (Lipinski definition) is 2. The van der Waals surface area contributed by atoms with Crippen molar-refractivity contribution in [3.05, 3.63) is 40.6 Å². The van der Waals surface area contributed by atoms with Gasteiger partial charge in [0.05, 0.1) is 23.6 Å². The molecule has 0 amide bonds. The Balaban J connectivity index is 1.99. The molecule has 0 fully saturated rings. The van der Waals surface area contributed by atoms with Crippen molar-refractivity contribution in [2.45, 2.75) is 0 Å². The highest BCUT2D eigenvalue weighted by Gasteiger charge is 2.09. The molecule has 0 aliphatic rings. The van der Waals surface area contributed by atoms with Crippen LogP contribution in [0.15, 0.2) is 35.1 Å².